The van der Waals surface area contributed by atoms with Gasteiger partial charge in [-0.3, -0.25) is 14.3 Å². The van der Waals surface area contributed by atoms with Crippen molar-refractivity contribution in [3.05, 3.63) is 53.3 Å². The van der Waals surface area contributed by atoms with E-state index in [9.17, 15) is 9.59 Å². The van der Waals surface area contributed by atoms with E-state index in [0.29, 0.717) is 11.5 Å². The number of hydrogen-bond acceptors (Lipinski definition) is 3. The molecule has 0 aliphatic heterocycles. The van der Waals surface area contributed by atoms with Crippen LogP contribution in [-0.2, 0) is 11.3 Å². The number of nitrogens with one attached hydrogen (secondary N) is 1. The normalized spacial score (nSPS) is 12.2. The number of carboxylic acids is 1. The molecule has 1 heterocycles. The van der Waals surface area contributed by atoms with E-state index in [1.54, 1.807) is 0 Å². The summed E-state index contributed by atoms with van der Waals surface area (Å²) in [6.45, 7) is 5.91. The van der Waals surface area contributed by atoms with Gasteiger partial charge < -0.3 is 10.4 Å². The van der Waals surface area contributed by atoms with Gasteiger partial charge in [0.05, 0.1) is 17.8 Å². The second kappa shape index (κ2) is 7.09. The molecule has 1 aromatic carbocycles. The molecule has 0 saturated carbocycles. The third-order valence-corrected chi connectivity index (χ3v) is 3.64. The standard InChI is InChI=1S/C17H21N3O3/c1-11(2)13-4-6-14(7-5-13)12(3)19-17(23)15-8-18-20(9-15)10-16(21)22/h4-9,11-12H,10H2,1-3H3,(H,19,23)(H,21,22). The quantitative estimate of drug-likeness (QED) is 0.858. The van der Waals surface area contributed by atoms with Crippen molar-refractivity contribution in [3.8, 4) is 0 Å². The predicted octanol–water partition coefficient (Wildman–Crippen LogP) is 2.58. The molecule has 122 valence electrons. The first-order valence-electron chi connectivity index (χ1n) is 7.51. The van der Waals surface area contributed by atoms with Gasteiger partial charge in [-0.15, -0.1) is 0 Å². The number of amides is 1. The summed E-state index contributed by atoms with van der Waals surface area (Å²) < 4.78 is 1.22. The number of carbonyl (C=O) groups is 2. The summed E-state index contributed by atoms with van der Waals surface area (Å²) in [6, 6.07) is 8.00. The zero-order valence-electron chi connectivity index (χ0n) is 13.5. The summed E-state index contributed by atoms with van der Waals surface area (Å²) >= 11 is 0. The highest BCUT2D eigenvalue weighted by atomic mass is 16.4. The molecule has 0 saturated heterocycles. The average Bonchev–Trinajstić information content (AvgIpc) is 2.95. The van der Waals surface area contributed by atoms with Crippen molar-refractivity contribution in [1.82, 2.24) is 15.1 Å². The molecule has 1 amide bonds. The molecule has 2 N–H and O–H groups in total. The lowest BCUT2D eigenvalue weighted by atomic mass is 9.99. The van der Waals surface area contributed by atoms with E-state index >= 15 is 0 Å². The first-order chi connectivity index (χ1) is 10.9. The fourth-order valence-electron chi connectivity index (χ4n) is 2.24. The maximum atomic E-state index is 12.2. The minimum Gasteiger partial charge on any atom is -0.480 e. The number of hydrogen-bond donors (Lipinski definition) is 2. The highest BCUT2D eigenvalue weighted by molar-refractivity contribution is 5.94. The lowest BCUT2D eigenvalue weighted by Gasteiger charge is -2.15. The van der Waals surface area contributed by atoms with E-state index in [1.807, 2.05) is 19.1 Å². The van der Waals surface area contributed by atoms with E-state index in [2.05, 4.69) is 36.4 Å². The molecule has 0 bridgehead atoms. The van der Waals surface area contributed by atoms with Gasteiger partial charge >= 0.3 is 5.97 Å². The first kappa shape index (κ1) is 16.7. The minimum atomic E-state index is -1.00. The number of carboxylic acid groups (broad SMARTS) is 1. The smallest absolute Gasteiger partial charge is 0.325 e. The SMILES string of the molecule is CC(C)c1ccc(C(C)NC(=O)c2cnn(CC(=O)O)c2)cc1. The van der Waals surface area contributed by atoms with Crippen LogP contribution < -0.4 is 5.32 Å². The lowest BCUT2D eigenvalue weighted by Crippen LogP contribution is -2.26. The lowest BCUT2D eigenvalue weighted by molar-refractivity contribution is -0.137. The van der Waals surface area contributed by atoms with Crippen LogP contribution in [0.3, 0.4) is 0 Å². The van der Waals surface area contributed by atoms with Crippen molar-refractivity contribution in [3.63, 3.8) is 0 Å². The van der Waals surface area contributed by atoms with Gasteiger partial charge in [-0.25, -0.2) is 0 Å². The van der Waals surface area contributed by atoms with Gasteiger partial charge in [0, 0.05) is 6.20 Å². The summed E-state index contributed by atoms with van der Waals surface area (Å²) in [5, 5.41) is 15.5. The Kier molecular flexibility index (Phi) is 5.16. The van der Waals surface area contributed by atoms with Gasteiger partial charge in [0.2, 0.25) is 0 Å². The Hall–Kier alpha value is -2.63. The largest absolute Gasteiger partial charge is 0.480 e. The number of aromatic nitrogens is 2. The topological polar surface area (TPSA) is 84.2 Å². The Labute approximate surface area is 135 Å². The second-order valence-corrected chi connectivity index (χ2v) is 5.84. The molecular formula is C17H21N3O3. The molecule has 0 aliphatic carbocycles. The van der Waals surface area contributed by atoms with E-state index in [1.165, 1.54) is 22.6 Å². The zero-order valence-corrected chi connectivity index (χ0v) is 13.5. The summed E-state index contributed by atoms with van der Waals surface area (Å²) in [7, 11) is 0. The van der Waals surface area contributed by atoms with Gasteiger partial charge in [0.15, 0.2) is 0 Å². The monoisotopic (exact) mass is 315 g/mol. The first-order valence-corrected chi connectivity index (χ1v) is 7.51. The Morgan fingerprint density at radius 3 is 2.35 bits per heavy atom. The Balaban J connectivity index is 2.01. The number of aliphatic carboxylic acids is 1. The summed E-state index contributed by atoms with van der Waals surface area (Å²) in [6.07, 6.45) is 2.80. The molecule has 2 aromatic rings. The van der Waals surface area contributed by atoms with Crippen LogP contribution in [-0.4, -0.2) is 26.8 Å². The number of rotatable bonds is 6. The van der Waals surface area contributed by atoms with E-state index < -0.39 is 5.97 Å². The van der Waals surface area contributed by atoms with Crippen molar-refractivity contribution < 1.29 is 14.7 Å². The number of nitrogens with zero attached hydrogens (tertiary/aromatic N) is 2. The van der Waals surface area contributed by atoms with E-state index in [0.717, 1.165) is 5.56 Å². The fourth-order valence-corrected chi connectivity index (χ4v) is 2.24. The van der Waals surface area contributed by atoms with Crippen molar-refractivity contribution in [2.75, 3.05) is 0 Å². The average molecular weight is 315 g/mol. The Bertz CT molecular complexity index is 689. The molecule has 6 heteroatoms. The van der Waals surface area contributed by atoms with Crippen LogP contribution in [0.4, 0.5) is 0 Å². The highest BCUT2D eigenvalue weighted by Crippen LogP contribution is 2.18. The zero-order chi connectivity index (χ0) is 17.0. The van der Waals surface area contributed by atoms with Crippen LogP contribution in [0, 0.1) is 0 Å². The van der Waals surface area contributed by atoms with E-state index in [-0.39, 0.29) is 18.5 Å². The fraction of sp³-hybridized carbons (Fsp3) is 0.353. The number of carbonyl (C=O) groups excluding carboxylic acids is 1. The Morgan fingerprint density at radius 1 is 1.17 bits per heavy atom. The summed E-state index contributed by atoms with van der Waals surface area (Å²) in [5.74, 6) is -0.810. The third-order valence-electron chi connectivity index (χ3n) is 3.64. The molecule has 1 atom stereocenters. The summed E-state index contributed by atoms with van der Waals surface area (Å²) in [4.78, 5) is 22.8. The second-order valence-electron chi connectivity index (χ2n) is 5.84. The van der Waals surface area contributed by atoms with Gasteiger partial charge in [-0.2, -0.15) is 5.10 Å². The molecular weight excluding hydrogens is 294 g/mol. The van der Waals surface area contributed by atoms with Crippen LogP contribution in [0.25, 0.3) is 0 Å². The molecule has 2 rings (SSSR count). The molecule has 6 nitrogen and oxygen atoms in total. The minimum absolute atomic E-state index is 0.147. The van der Waals surface area contributed by atoms with Crippen LogP contribution in [0.1, 0.15) is 54.2 Å². The Morgan fingerprint density at radius 2 is 1.78 bits per heavy atom. The van der Waals surface area contributed by atoms with Crippen molar-refractivity contribution in [1.29, 1.82) is 0 Å². The van der Waals surface area contributed by atoms with Crippen molar-refractivity contribution in [2.24, 2.45) is 0 Å². The van der Waals surface area contributed by atoms with Gasteiger partial charge in [0.25, 0.3) is 5.91 Å². The van der Waals surface area contributed by atoms with Crippen LogP contribution in [0.5, 0.6) is 0 Å². The molecule has 23 heavy (non-hydrogen) atoms. The molecule has 0 fully saturated rings. The molecule has 0 spiro atoms. The van der Waals surface area contributed by atoms with Crippen molar-refractivity contribution in [2.45, 2.75) is 39.3 Å². The van der Waals surface area contributed by atoms with Gasteiger partial charge in [0.1, 0.15) is 6.54 Å². The van der Waals surface area contributed by atoms with Crippen LogP contribution >= 0.6 is 0 Å². The van der Waals surface area contributed by atoms with Gasteiger partial charge in [-0.1, -0.05) is 38.1 Å². The van der Waals surface area contributed by atoms with E-state index in [4.69, 9.17) is 5.11 Å². The maximum Gasteiger partial charge on any atom is 0.325 e. The van der Waals surface area contributed by atoms with Gasteiger partial charge in [-0.05, 0) is 24.0 Å². The molecule has 1 aromatic heterocycles. The van der Waals surface area contributed by atoms with Crippen LogP contribution in [0.2, 0.25) is 0 Å². The molecule has 0 radical (unpaired) electrons. The summed E-state index contributed by atoms with van der Waals surface area (Å²) in [5.41, 5.74) is 2.61. The predicted molar refractivity (Wildman–Crippen MR) is 86.3 cm³/mol. The van der Waals surface area contributed by atoms with Crippen LogP contribution in [0.15, 0.2) is 36.7 Å². The highest BCUT2D eigenvalue weighted by Gasteiger charge is 2.14. The van der Waals surface area contributed by atoms with Crippen molar-refractivity contribution >= 4 is 11.9 Å². The maximum absolute atomic E-state index is 12.2. The molecule has 1 unspecified atom stereocenters. The molecule has 0 aliphatic rings. The third kappa shape index (κ3) is 4.42. The number of benzene rings is 1.